The molecular weight excluding hydrogens is 318 g/mol. The second kappa shape index (κ2) is 11.7. The summed E-state index contributed by atoms with van der Waals surface area (Å²) < 4.78 is 5.39. The van der Waals surface area contributed by atoms with Crippen LogP contribution < -0.4 is 5.32 Å². The Hall–Kier alpha value is -0.890. The first kappa shape index (κ1) is 20.4. The summed E-state index contributed by atoms with van der Waals surface area (Å²) in [5.74, 6) is 0. The molecule has 0 aromatic heterocycles. The molecule has 2 aliphatic rings. The fraction of sp³-hybridized carbons (Fsp3) is 0.944. The Balaban J connectivity index is 1.53. The lowest BCUT2D eigenvalue weighted by atomic mass is 10.3. The van der Waals surface area contributed by atoms with Crippen molar-refractivity contribution in [1.29, 1.82) is 0 Å². The van der Waals surface area contributed by atoms with Gasteiger partial charge in [-0.25, -0.2) is 4.79 Å². The van der Waals surface area contributed by atoms with Crippen molar-refractivity contribution in [2.75, 3.05) is 91.8 Å². The van der Waals surface area contributed by atoms with Crippen LogP contribution in [0.1, 0.15) is 20.3 Å². The summed E-state index contributed by atoms with van der Waals surface area (Å²) in [6, 6.07) is 0.104. The van der Waals surface area contributed by atoms with E-state index in [1.807, 2.05) is 4.90 Å². The number of piperazine rings is 1. The monoisotopic (exact) mass is 355 g/mol. The van der Waals surface area contributed by atoms with Gasteiger partial charge in [0.15, 0.2) is 0 Å². The molecule has 7 heteroatoms. The van der Waals surface area contributed by atoms with Crippen molar-refractivity contribution in [3.05, 3.63) is 0 Å². The largest absolute Gasteiger partial charge is 0.379 e. The lowest BCUT2D eigenvalue weighted by Gasteiger charge is -2.36. The van der Waals surface area contributed by atoms with Gasteiger partial charge < -0.3 is 19.9 Å². The highest BCUT2D eigenvalue weighted by molar-refractivity contribution is 5.74. The smallest absolute Gasteiger partial charge is 0.317 e. The lowest BCUT2D eigenvalue weighted by Crippen LogP contribution is -2.53. The predicted octanol–water partition coefficient (Wildman–Crippen LogP) is 0.378. The number of urea groups is 1. The minimum atomic E-state index is 0.104. The number of rotatable bonds is 9. The van der Waals surface area contributed by atoms with Gasteiger partial charge in [0.05, 0.1) is 13.2 Å². The number of amides is 2. The summed E-state index contributed by atoms with van der Waals surface area (Å²) >= 11 is 0. The summed E-state index contributed by atoms with van der Waals surface area (Å²) in [6.07, 6.45) is 1.02. The Morgan fingerprint density at radius 2 is 1.56 bits per heavy atom. The van der Waals surface area contributed by atoms with Gasteiger partial charge in [0.2, 0.25) is 0 Å². The van der Waals surface area contributed by atoms with Crippen molar-refractivity contribution in [2.24, 2.45) is 0 Å². The van der Waals surface area contributed by atoms with E-state index in [9.17, 15) is 4.79 Å². The zero-order valence-electron chi connectivity index (χ0n) is 16.2. The van der Waals surface area contributed by atoms with Crippen molar-refractivity contribution >= 4 is 6.03 Å². The Kier molecular flexibility index (Phi) is 9.54. The normalized spacial score (nSPS) is 20.2. The first-order chi connectivity index (χ1) is 12.2. The third-order valence-electron chi connectivity index (χ3n) is 5.32. The Bertz CT molecular complexity index is 364. The number of hydrogen-bond acceptors (Lipinski definition) is 5. The summed E-state index contributed by atoms with van der Waals surface area (Å²) in [6.45, 7) is 18.0. The molecule has 0 atom stereocenters. The number of hydrogen-bond donors (Lipinski definition) is 1. The van der Waals surface area contributed by atoms with Gasteiger partial charge in [0.25, 0.3) is 0 Å². The van der Waals surface area contributed by atoms with Gasteiger partial charge in [-0.05, 0) is 26.1 Å². The van der Waals surface area contributed by atoms with E-state index in [0.717, 1.165) is 98.2 Å². The molecule has 0 aromatic rings. The van der Waals surface area contributed by atoms with E-state index in [1.54, 1.807) is 0 Å². The van der Waals surface area contributed by atoms with Crippen LogP contribution in [-0.2, 0) is 4.74 Å². The van der Waals surface area contributed by atoms with E-state index in [-0.39, 0.29) is 6.03 Å². The molecule has 0 spiro atoms. The molecule has 25 heavy (non-hydrogen) atoms. The van der Waals surface area contributed by atoms with Gasteiger partial charge in [-0.2, -0.15) is 0 Å². The first-order valence-corrected chi connectivity index (χ1v) is 10.0. The van der Waals surface area contributed by atoms with Gasteiger partial charge in [-0.15, -0.1) is 0 Å². The van der Waals surface area contributed by atoms with E-state index < -0.39 is 0 Å². The summed E-state index contributed by atoms with van der Waals surface area (Å²) in [4.78, 5) is 21.5. The zero-order chi connectivity index (χ0) is 17.9. The molecule has 0 radical (unpaired) electrons. The third kappa shape index (κ3) is 7.48. The molecule has 0 saturated carbocycles. The van der Waals surface area contributed by atoms with Crippen molar-refractivity contribution < 1.29 is 9.53 Å². The molecule has 2 fully saturated rings. The van der Waals surface area contributed by atoms with Crippen LogP contribution in [0.2, 0.25) is 0 Å². The van der Waals surface area contributed by atoms with Gasteiger partial charge in [0, 0.05) is 58.9 Å². The number of carbonyl (C=O) groups is 1. The fourth-order valence-corrected chi connectivity index (χ4v) is 3.43. The molecule has 2 aliphatic heterocycles. The number of carbonyl (C=O) groups excluding carboxylic acids is 1. The van der Waals surface area contributed by atoms with Crippen molar-refractivity contribution in [3.63, 3.8) is 0 Å². The second-order valence-corrected chi connectivity index (χ2v) is 6.90. The van der Waals surface area contributed by atoms with E-state index >= 15 is 0 Å². The first-order valence-electron chi connectivity index (χ1n) is 10.0. The Morgan fingerprint density at radius 3 is 2.16 bits per heavy atom. The summed E-state index contributed by atoms with van der Waals surface area (Å²) in [5.41, 5.74) is 0. The summed E-state index contributed by atoms with van der Waals surface area (Å²) in [7, 11) is 0. The molecule has 0 aromatic carbocycles. The molecule has 2 heterocycles. The van der Waals surface area contributed by atoms with Gasteiger partial charge in [-0.3, -0.25) is 9.80 Å². The van der Waals surface area contributed by atoms with Crippen LogP contribution in [0.5, 0.6) is 0 Å². The van der Waals surface area contributed by atoms with Crippen molar-refractivity contribution in [3.8, 4) is 0 Å². The number of morpholine rings is 1. The van der Waals surface area contributed by atoms with Crippen LogP contribution in [0.3, 0.4) is 0 Å². The van der Waals surface area contributed by atoms with Crippen LogP contribution in [0, 0.1) is 0 Å². The highest BCUT2D eigenvalue weighted by Crippen LogP contribution is 2.04. The SMILES string of the molecule is CCN(CC)CCCNC(=O)N1CCN(CCN2CCOCC2)CC1. The minimum absolute atomic E-state index is 0.104. The molecule has 0 bridgehead atoms. The van der Waals surface area contributed by atoms with Crippen LogP contribution in [0.15, 0.2) is 0 Å². The van der Waals surface area contributed by atoms with Crippen LogP contribution in [-0.4, -0.2) is 117 Å². The molecule has 2 saturated heterocycles. The molecular formula is C18H37N5O2. The average molecular weight is 356 g/mol. The second-order valence-electron chi connectivity index (χ2n) is 6.90. The van der Waals surface area contributed by atoms with Crippen molar-refractivity contribution in [1.82, 2.24) is 24.9 Å². The average Bonchev–Trinajstić information content (AvgIpc) is 2.67. The number of nitrogens with one attached hydrogen (secondary N) is 1. The van der Waals surface area contributed by atoms with Gasteiger partial charge in [0.1, 0.15) is 0 Å². The van der Waals surface area contributed by atoms with Gasteiger partial charge >= 0.3 is 6.03 Å². The molecule has 0 aliphatic carbocycles. The molecule has 7 nitrogen and oxygen atoms in total. The Labute approximate surface area is 153 Å². The predicted molar refractivity (Wildman–Crippen MR) is 101 cm³/mol. The maximum atomic E-state index is 12.3. The van der Waals surface area contributed by atoms with E-state index in [1.165, 1.54) is 0 Å². The Morgan fingerprint density at radius 1 is 0.960 bits per heavy atom. The van der Waals surface area contributed by atoms with E-state index in [0.29, 0.717) is 0 Å². The third-order valence-corrected chi connectivity index (χ3v) is 5.32. The number of nitrogens with zero attached hydrogens (tertiary/aromatic N) is 4. The quantitative estimate of drug-likeness (QED) is 0.606. The van der Waals surface area contributed by atoms with Crippen molar-refractivity contribution in [2.45, 2.75) is 20.3 Å². The molecule has 2 rings (SSSR count). The maximum Gasteiger partial charge on any atom is 0.317 e. The van der Waals surface area contributed by atoms with Gasteiger partial charge in [-0.1, -0.05) is 13.8 Å². The molecule has 2 amide bonds. The topological polar surface area (TPSA) is 51.3 Å². The van der Waals surface area contributed by atoms with Crippen LogP contribution >= 0.6 is 0 Å². The van der Waals surface area contributed by atoms with E-state index in [4.69, 9.17) is 4.74 Å². The van der Waals surface area contributed by atoms with Crippen LogP contribution in [0.4, 0.5) is 4.79 Å². The highest BCUT2D eigenvalue weighted by atomic mass is 16.5. The van der Waals surface area contributed by atoms with E-state index in [2.05, 4.69) is 33.9 Å². The molecule has 0 unspecified atom stereocenters. The molecule has 146 valence electrons. The lowest BCUT2D eigenvalue weighted by molar-refractivity contribution is 0.0309. The zero-order valence-corrected chi connectivity index (χ0v) is 16.2. The minimum Gasteiger partial charge on any atom is -0.379 e. The molecule has 1 N–H and O–H groups in total. The fourth-order valence-electron chi connectivity index (χ4n) is 3.43. The van der Waals surface area contributed by atoms with Crippen LogP contribution in [0.25, 0.3) is 0 Å². The number of ether oxygens (including phenoxy) is 1. The maximum absolute atomic E-state index is 12.3. The highest BCUT2D eigenvalue weighted by Gasteiger charge is 2.21. The summed E-state index contributed by atoms with van der Waals surface area (Å²) in [5, 5.41) is 3.07. The standard InChI is InChI=1S/C18H37N5O2/c1-3-20(4-2)7-5-6-19-18(24)23-12-10-21(11-13-23)8-9-22-14-16-25-17-15-22/h3-17H2,1-2H3,(H,19,24).